The van der Waals surface area contributed by atoms with Crippen LogP contribution in [0.4, 0.5) is 5.82 Å². The Hall–Kier alpha value is -3.77. The number of para-hydroxylation sites is 1. The largest absolute Gasteiger partial charge is 0.497 e. The minimum atomic E-state index is -0.300. The minimum absolute atomic E-state index is 0.140. The number of ether oxygens (including phenoxy) is 2. The van der Waals surface area contributed by atoms with Gasteiger partial charge in [-0.1, -0.05) is 41.9 Å². The third kappa shape index (κ3) is 5.05. The second-order valence-corrected chi connectivity index (χ2v) is 7.12. The fourth-order valence-corrected chi connectivity index (χ4v) is 3.22. The molecule has 0 aliphatic rings. The van der Waals surface area contributed by atoms with Gasteiger partial charge in [-0.05, 0) is 48.5 Å². The topological polar surface area (TPSA) is 65.4 Å². The van der Waals surface area contributed by atoms with E-state index in [0.29, 0.717) is 22.3 Å². The van der Waals surface area contributed by atoms with Gasteiger partial charge in [0, 0.05) is 16.7 Å². The van der Waals surface area contributed by atoms with E-state index < -0.39 is 0 Å². The molecule has 6 nitrogen and oxygen atoms in total. The van der Waals surface area contributed by atoms with Crippen LogP contribution in [0, 0.1) is 0 Å². The second-order valence-electron chi connectivity index (χ2n) is 6.68. The second kappa shape index (κ2) is 9.36. The Kier molecular flexibility index (Phi) is 6.19. The van der Waals surface area contributed by atoms with Gasteiger partial charge in [0.15, 0.2) is 6.61 Å². The lowest BCUT2D eigenvalue weighted by atomic mass is 10.1. The maximum atomic E-state index is 12.6. The monoisotopic (exact) mass is 433 g/mol. The Morgan fingerprint density at radius 2 is 1.71 bits per heavy atom. The number of nitrogens with zero attached hydrogens (tertiary/aromatic N) is 2. The minimum Gasteiger partial charge on any atom is -0.497 e. The molecule has 0 spiro atoms. The Bertz CT molecular complexity index is 1170. The van der Waals surface area contributed by atoms with E-state index in [4.69, 9.17) is 21.1 Å². The summed E-state index contributed by atoms with van der Waals surface area (Å²) in [6.45, 7) is -0.140. The molecule has 156 valence electrons. The van der Waals surface area contributed by atoms with Crippen LogP contribution in [0.1, 0.15) is 0 Å². The molecule has 4 rings (SSSR count). The summed E-state index contributed by atoms with van der Waals surface area (Å²) in [5.74, 6) is 1.53. The number of rotatable bonds is 7. The van der Waals surface area contributed by atoms with Gasteiger partial charge >= 0.3 is 0 Å². The van der Waals surface area contributed by atoms with Crippen LogP contribution >= 0.6 is 11.6 Å². The number of hydrogen-bond donors (Lipinski definition) is 1. The van der Waals surface area contributed by atoms with Gasteiger partial charge in [0.2, 0.25) is 0 Å². The zero-order valence-electron chi connectivity index (χ0n) is 16.8. The number of halogens is 1. The van der Waals surface area contributed by atoms with Crippen molar-refractivity contribution in [3.8, 4) is 28.4 Å². The zero-order valence-corrected chi connectivity index (χ0v) is 17.5. The van der Waals surface area contributed by atoms with Crippen LogP contribution in [0.5, 0.6) is 11.5 Å². The summed E-state index contributed by atoms with van der Waals surface area (Å²) in [7, 11) is 1.59. The van der Waals surface area contributed by atoms with E-state index in [2.05, 4.69) is 10.4 Å². The molecule has 0 saturated heterocycles. The van der Waals surface area contributed by atoms with E-state index in [1.807, 2.05) is 54.6 Å². The third-order valence-electron chi connectivity index (χ3n) is 4.53. The van der Waals surface area contributed by atoms with Crippen molar-refractivity contribution in [2.24, 2.45) is 0 Å². The Labute approximate surface area is 185 Å². The normalized spacial score (nSPS) is 10.5. The quantitative estimate of drug-likeness (QED) is 0.434. The number of aromatic nitrogens is 2. The smallest absolute Gasteiger partial charge is 0.263 e. The van der Waals surface area contributed by atoms with Crippen LogP contribution in [0.2, 0.25) is 5.02 Å². The number of carbonyl (C=O) groups excluding carboxylic acids is 1. The molecule has 7 heteroatoms. The average molecular weight is 434 g/mol. The molecule has 0 atom stereocenters. The molecule has 1 aromatic heterocycles. The van der Waals surface area contributed by atoms with Crippen LogP contribution in [-0.4, -0.2) is 29.4 Å². The van der Waals surface area contributed by atoms with Crippen molar-refractivity contribution >= 4 is 23.3 Å². The van der Waals surface area contributed by atoms with Crippen molar-refractivity contribution < 1.29 is 14.3 Å². The number of methoxy groups -OCH3 is 1. The lowest BCUT2D eigenvalue weighted by molar-refractivity contribution is -0.118. The maximum Gasteiger partial charge on any atom is 0.263 e. The lowest BCUT2D eigenvalue weighted by Gasteiger charge is -2.10. The molecule has 0 fully saturated rings. The van der Waals surface area contributed by atoms with E-state index in [9.17, 15) is 4.79 Å². The van der Waals surface area contributed by atoms with Crippen molar-refractivity contribution in [2.75, 3.05) is 19.0 Å². The van der Waals surface area contributed by atoms with Crippen molar-refractivity contribution in [3.05, 3.63) is 90.0 Å². The highest BCUT2D eigenvalue weighted by atomic mass is 35.5. The third-order valence-corrected chi connectivity index (χ3v) is 4.76. The van der Waals surface area contributed by atoms with Gasteiger partial charge in [-0.3, -0.25) is 4.79 Å². The highest BCUT2D eigenvalue weighted by Crippen LogP contribution is 2.26. The summed E-state index contributed by atoms with van der Waals surface area (Å²) in [6, 6.07) is 25.8. The highest BCUT2D eigenvalue weighted by Gasteiger charge is 2.14. The fourth-order valence-electron chi connectivity index (χ4n) is 3.02. The van der Waals surface area contributed by atoms with Crippen LogP contribution in [0.3, 0.4) is 0 Å². The van der Waals surface area contributed by atoms with Gasteiger partial charge in [0.25, 0.3) is 5.91 Å². The molecule has 1 amide bonds. The molecule has 0 saturated carbocycles. The standard InChI is InChI=1S/C24H20ClN3O3/c1-30-20-10-12-21(13-11-20)31-16-24(29)26-23-15-22(17-6-5-7-18(25)14-17)27-28(23)19-8-3-2-4-9-19/h2-15H,16H2,1H3,(H,26,29). The van der Waals surface area contributed by atoms with Crippen LogP contribution in [0.15, 0.2) is 84.9 Å². The first-order valence-corrected chi connectivity index (χ1v) is 9.98. The number of hydrogen-bond acceptors (Lipinski definition) is 4. The van der Waals surface area contributed by atoms with Crippen LogP contribution in [0.25, 0.3) is 16.9 Å². The van der Waals surface area contributed by atoms with E-state index in [1.54, 1.807) is 42.1 Å². The summed E-state index contributed by atoms with van der Waals surface area (Å²) in [4.78, 5) is 12.6. The lowest BCUT2D eigenvalue weighted by Crippen LogP contribution is -2.21. The summed E-state index contributed by atoms with van der Waals surface area (Å²) < 4.78 is 12.4. The van der Waals surface area contributed by atoms with Crippen molar-refractivity contribution in [2.45, 2.75) is 0 Å². The molecule has 3 aromatic carbocycles. The van der Waals surface area contributed by atoms with Crippen LogP contribution in [-0.2, 0) is 4.79 Å². The van der Waals surface area contributed by atoms with Crippen molar-refractivity contribution in [3.63, 3.8) is 0 Å². The maximum absolute atomic E-state index is 12.6. The van der Waals surface area contributed by atoms with E-state index in [-0.39, 0.29) is 12.5 Å². The number of amides is 1. The molecular weight excluding hydrogens is 414 g/mol. The van der Waals surface area contributed by atoms with Crippen molar-refractivity contribution in [1.29, 1.82) is 0 Å². The number of anilines is 1. The molecule has 0 aliphatic heterocycles. The van der Waals surface area contributed by atoms with Gasteiger partial charge in [0.1, 0.15) is 17.3 Å². The molecule has 0 radical (unpaired) electrons. The molecule has 31 heavy (non-hydrogen) atoms. The molecule has 0 aliphatic carbocycles. The summed E-state index contributed by atoms with van der Waals surface area (Å²) in [6.07, 6.45) is 0. The highest BCUT2D eigenvalue weighted by molar-refractivity contribution is 6.30. The first-order valence-electron chi connectivity index (χ1n) is 9.60. The predicted octanol–water partition coefficient (Wildman–Crippen LogP) is 5.22. The van der Waals surface area contributed by atoms with E-state index >= 15 is 0 Å². The first kappa shape index (κ1) is 20.5. The van der Waals surface area contributed by atoms with Gasteiger partial charge in [-0.25, -0.2) is 4.68 Å². The summed E-state index contributed by atoms with van der Waals surface area (Å²) >= 11 is 6.13. The average Bonchev–Trinajstić information content (AvgIpc) is 3.22. The fraction of sp³-hybridized carbons (Fsp3) is 0.0833. The molecule has 0 bridgehead atoms. The SMILES string of the molecule is COc1ccc(OCC(=O)Nc2cc(-c3cccc(Cl)c3)nn2-c2ccccc2)cc1. The molecule has 1 heterocycles. The molecule has 0 unspecified atom stereocenters. The number of benzene rings is 3. The van der Waals surface area contributed by atoms with Gasteiger partial charge in [0.05, 0.1) is 18.5 Å². The summed E-state index contributed by atoms with van der Waals surface area (Å²) in [5, 5.41) is 8.17. The molecule has 4 aromatic rings. The Morgan fingerprint density at radius 1 is 0.968 bits per heavy atom. The summed E-state index contributed by atoms with van der Waals surface area (Å²) in [5.41, 5.74) is 2.37. The first-order chi connectivity index (χ1) is 15.1. The zero-order chi connectivity index (χ0) is 21.6. The molecule has 1 N–H and O–H groups in total. The van der Waals surface area contributed by atoms with E-state index in [0.717, 1.165) is 17.0 Å². The Morgan fingerprint density at radius 3 is 2.42 bits per heavy atom. The Balaban J connectivity index is 1.55. The van der Waals surface area contributed by atoms with Crippen LogP contribution < -0.4 is 14.8 Å². The number of carbonyl (C=O) groups is 1. The van der Waals surface area contributed by atoms with Gasteiger partial charge in [-0.15, -0.1) is 0 Å². The van der Waals surface area contributed by atoms with Gasteiger partial charge < -0.3 is 14.8 Å². The van der Waals surface area contributed by atoms with Crippen molar-refractivity contribution in [1.82, 2.24) is 9.78 Å². The predicted molar refractivity (Wildman–Crippen MR) is 121 cm³/mol. The van der Waals surface area contributed by atoms with Gasteiger partial charge in [-0.2, -0.15) is 5.10 Å². The number of nitrogens with one attached hydrogen (secondary N) is 1. The van der Waals surface area contributed by atoms with E-state index in [1.165, 1.54) is 0 Å². The molecular formula is C24H20ClN3O3.